The highest BCUT2D eigenvalue weighted by atomic mass is 35.5. The van der Waals surface area contributed by atoms with Crippen LogP contribution in [0.1, 0.15) is 44.7 Å². The molecule has 0 aliphatic rings. The Morgan fingerprint density at radius 2 is 1.50 bits per heavy atom. The van der Waals surface area contributed by atoms with E-state index >= 15 is 0 Å². The maximum Gasteiger partial charge on any atom is 0.416 e. The van der Waals surface area contributed by atoms with Crippen molar-refractivity contribution in [3.05, 3.63) is 92.9 Å². The fourth-order valence-corrected chi connectivity index (χ4v) is 6.56. The van der Waals surface area contributed by atoms with Gasteiger partial charge in [-0.25, -0.2) is 8.42 Å². The number of carbonyl (C=O) groups is 2. The normalized spacial score (nSPS) is 13.2. The van der Waals surface area contributed by atoms with Crippen molar-refractivity contribution in [1.29, 1.82) is 0 Å². The molecule has 0 saturated carbocycles. The lowest BCUT2D eigenvalue weighted by molar-refractivity contribution is -0.140. The van der Waals surface area contributed by atoms with Crippen molar-refractivity contribution in [3.63, 3.8) is 0 Å². The summed E-state index contributed by atoms with van der Waals surface area (Å²) in [6.45, 7) is 4.03. The van der Waals surface area contributed by atoms with Crippen molar-refractivity contribution >= 4 is 62.3 Å². The van der Waals surface area contributed by atoms with Gasteiger partial charge in [-0.2, -0.15) is 13.2 Å². The quantitative estimate of drug-likeness (QED) is 0.212. The van der Waals surface area contributed by atoms with Crippen LogP contribution in [0, 0.1) is 0 Å². The number of benzene rings is 3. The minimum atomic E-state index is -4.83. The molecule has 0 spiro atoms. The van der Waals surface area contributed by atoms with Crippen molar-refractivity contribution in [2.24, 2.45) is 0 Å². The molecule has 0 heterocycles. The first-order chi connectivity index (χ1) is 20.6. The summed E-state index contributed by atoms with van der Waals surface area (Å²) in [5.41, 5.74) is -1.43. The summed E-state index contributed by atoms with van der Waals surface area (Å²) >= 11 is 19.1. The van der Waals surface area contributed by atoms with E-state index in [9.17, 15) is 31.2 Å². The zero-order chi connectivity index (χ0) is 32.8. The van der Waals surface area contributed by atoms with Gasteiger partial charge in [0.25, 0.3) is 10.0 Å². The second-order valence-corrected chi connectivity index (χ2v) is 13.0. The van der Waals surface area contributed by atoms with Gasteiger partial charge in [0.1, 0.15) is 12.6 Å². The van der Waals surface area contributed by atoms with E-state index in [4.69, 9.17) is 34.8 Å². The van der Waals surface area contributed by atoms with Crippen molar-refractivity contribution < 1.29 is 31.2 Å². The number of nitrogens with zero attached hydrogens (tertiary/aromatic N) is 2. The molecule has 0 bridgehead atoms. The molecule has 3 aromatic carbocycles. The van der Waals surface area contributed by atoms with E-state index in [-0.39, 0.29) is 39.0 Å². The van der Waals surface area contributed by atoms with E-state index in [2.05, 4.69) is 5.32 Å². The molecule has 2 atom stereocenters. The van der Waals surface area contributed by atoms with E-state index in [1.54, 1.807) is 38.1 Å². The van der Waals surface area contributed by atoms with Gasteiger partial charge >= 0.3 is 6.18 Å². The fourth-order valence-electron chi connectivity index (χ4n) is 4.33. The van der Waals surface area contributed by atoms with E-state index in [0.717, 1.165) is 11.0 Å². The van der Waals surface area contributed by atoms with E-state index in [1.165, 1.54) is 24.3 Å². The Hall–Kier alpha value is -2.99. The summed E-state index contributed by atoms with van der Waals surface area (Å²) in [6.07, 6.45) is -4.12. The predicted octanol–water partition coefficient (Wildman–Crippen LogP) is 7.58. The predicted molar refractivity (Wildman–Crippen MR) is 166 cm³/mol. The Morgan fingerprint density at radius 1 is 0.886 bits per heavy atom. The Balaban J connectivity index is 2.19. The van der Waals surface area contributed by atoms with Crippen molar-refractivity contribution in [1.82, 2.24) is 10.2 Å². The molecule has 0 fully saturated rings. The molecule has 2 unspecified atom stereocenters. The summed E-state index contributed by atoms with van der Waals surface area (Å²) in [5.74, 6) is -1.41. The van der Waals surface area contributed by atoms with Crippen molar-refractivity contribution in [2.75, 3.05) is 10.8 Å². The maximum atomic E-state index is 14.2. The summed E-state index contributed by atoms with van der Waals surface area (Å²) in [6, 6.07) is 12.4. The third-order valence-electron chi connectivity index (χ3n) is 6.93. The lowest BCUT2D eigenvalue weighted by Gasteiger charge is -2.34. The van der Waals surface area contributed by atoms with Crippen LogP contribution in [0.4, 0.5) is 18.9 Å². The molecule has 3 aromatic rings. The SMILES string of the molecule is CCC(C)NC(=O)C(CC)N(Cc1c(Cl)cccc1Cl)C(=O)CN(c1cc(C(F)(F)F)ccc1Cl)S(=O)(=O)c1ccccc1. The molecule has 3 rings (SSSR count). The molecule has 238 valence electrons. The Kier molecular flexibility index (Phi) is 12.0. The third-order valence-corrected chi connectivity index (χ3v) is 9.73. The average molecular weight is 693 g/mol. The number of hydrogen-bond donors (Lipinski definition) is 1. The summed E-state index contributed by atoms with van der Waals surface area (Å²) in [7, 11) is -4.65. The van der Waals surface area contributed by atoms with Gasteiger partial charge in [-0.15, -0.1) is 0 Å². The van der Waals surface area contributed by atoms with Gasteiger partial charge in [0.15, 0.2) is 0 Å². The number of anilines is 1. The highest BCUT2D eigenvalue weighted by molar-refractivity contribution is 7.92. The molecular formula is C30H31Cl3F3N3O4S. The van der Waals surface area contributed by atoms with Gasteiger partial charge in [0, 0.05) is 28.2 Å². The molecule has 2 amide bonds. The van der Waals surface area contributed by atoms with E-state index in [1.807, 2.05) is 6.92 Å². The minimum Gasteiger partial charge on any atom is -0.352 e. The highest BCUT2D eigenvalue weighted by Gasteiger charge is 2.37. The lowest BCUT2D eigenvalue weighted by atomic mass is 10.1. The fraction of sp³-hybridized carbons (Fsp3) is 0.333. The Labute approximate surface area is 269 Å². The Bertz CT molecular complexity index is 1570. The van der Waals surface area contributed by atoms with E-state index in [0.29, 0.717) is 28.4 Å². The van der Waals surface area contributed by atoms with Gasteiger partial charge in [0.05, 0.1) is 21.2 Å². The molecule has 0 radical (unpaired) electrons. The number of alkyl halides is 3. The maximum absolute atomic E-state index is 14.2. The van der Waals surface area contributed by atoms with E-state index < -0.39 is 51.9 Å². The first-order valence-electron chi connectivity index (χ1n) is 13.6. The van der Waals surface area contributed by atoms with Crippen LogP contribution in [0.3, 0.4) is 0 Å². The second-order valence-electron chi connectivity index (χ2n) is 9.95. The zero-order valence-electron chi connectivity index (χ0n) is 24.0. The standard InChI is InChI=1S/C30H31Cl3F3N3O4S/c1-4-19(3)37-29(41)26(5-2)38(17-22-23(31)12-9-13-24(22)32)28(40)18-39(44(42,43)21-10-7-6-8-11-21)27-16-20(30(34,35)36)14-15-25(27)33/h6-16,19,26H,4-5,17-18H2,1-3H3,(H,37,41). The lowest BCUT2D eigenvalue weighted by Crippen LogP contribution is -2.53. The number of halogens is 6. The third kappa shape index (κ3) is 8.38. The average Bonchev–Trinajstić information content (AvgIpc) is 2.97. The van der Waals surface area contributed by atoms with Crippen LogP contribution in [0.5, 0.6) is 0 Å². The number of sulfonamides is 1. The van der Waals surface area contributed by atoms with Crippen molar-refractivity contribution in [2.45, 2.75) is 63.3 Å². The number of nitrogens with one attached hydrogen (secondary N) is 1. The molecule has 0 aliphatic carbocycles. The van der Waals surface area contributed by atoms with Crippen LogP contribution in [-0.4, -0.2) is 43.8 Å². The van der Waals surface area contributed by atoms with Crippen LogP contribution in [-0.2, 0) is 32.3 Å². The van der Waals surface area contributed by atoms with Gasteiger partial charge in [-0.1, -0.05) is 72.9 Å². The van der Waals surface area contributed by atoms with Crippen LogP contribution in [0.15, 0.2) is 71.6 Å². The molecule has 1 N–H and O–H groups in total. The van der Waals surface area contributed by atoms with Gasteiger partial charge in [-0.3, -0.25) is 13.9 Å². The highest BCUT2D eigenvalue weighted by Crippen LogP contribution is 2.37. The molecule has 0 aromatic heterocycles. The largest absolute Gasteiger partial charge is 0.416 e. The number of amides is 2. The Morgan fingerprint density at radius 3 is 2.05 bits per heavy atom. The molecule has 0 saturated heterocycles. The molecular weight excluding hydrogens is 662 g/mol. The first kappa shape index (κ1) is 35.5. The molecule has 7 nitrogen and oxygen atoms in total. The second kappa shape index (κ2) is 14.9. The topological polar surface area (TPSA) is 86.8 Å². The number of hydrogen-bond acceptors (Lipinski definition) is 4. The monoisotopic (exact) mass is 691 g/mol. The van der Waals surface area contributed by atoms with Crippen LogP contribution < -0.4 is 9.62 Å². The summed E-state index contributed by atoms with van der Waals surface area (Å²) in [5, 5.41) is 2.88. The smallest absolute Gasteiger partial charge is 0.352 e. The van der Waals surface area contributed by atoms with Crippen molar-refractivity contribution in [3.8, 4) is 0 Å². The van der Waals surface area contributed by atoms with Gasteiger partial charge in [0.2, 0.25) is 11.8 Å². The molecule has 0 aliphatic heterocycles. The summed E-state index contributed by atoms with van der Waals surface area (Å²) in [4.78, 5) is 28.4. The van der Waals surface area contributed by atoms with Crippen LogP contribution >= 0.6 is 34.8 Å². The first-order valence-corrected chi connectivity index (χ1v) is 16.2. The van der Waals surface area contributed by atoms with Crippen LogP contribution in [0.25, 0.3) is 0 Å². The number of carbonyl (C=O) groups excluding carboxylic acids is 2. The zero-order valence-corrected chi connectivity index (χ0v) is 27.1. The minimum absolute atomic E-state index is 0.117. The van der Waals surface area contributed by atoms with Crippen LogP contribution in [0.2, 0.25) is 15.1 Å². The molecule has 14 heteroatoms. The molecule has 44 heavy (non-hydrogen) atoms. The van der Waals surface area contributed by atoms with Gasteiger partial charge in [-0.05, 0) is 62.2 Å². The number of rotatable bonds is 12. The van der Waals surface area contributed by atoms with Gasteiger partial charge < -0.3 is 10.2 Å². The summed E-state index contributed by atoms with van der Waals surface area (Å²) < 4.78 is 69.5.